The first-order chi connectivity index (χ1) is 10.3. The highest BCUT2D eigenvalue weighted by Gasteiger charge is 2.34. The van der Waals surface area contributed by atoms with Crippen LogP contribution in [-0.2, 0) is 4.74 Å². The van der Waals surface area contributed by atoms with Crippen LogP contribution in [0.2, 0.25) is 0 Å². The zero-order valence-electron chi connectivity index (χ0n) is 14.6. The number of alkyl carbamates (subject to hydrolysis) is 1. The molecule has 2 atom stereocenters. The first-order valence-electron chi connectivity index (χ1n) is 8.72. The van der Waals surface area contributed by atoms with Crippen molar-refractivity contribution in [3.05, 3.63) is 0 Å². The molecule has 22 heavy (non-hydrogen) atoms. The summed E-state index contributed by atoms with van der Waals surface area (Å²) in [5.41, 5.74) is 5.57. The number of hydrogen-bond acceptors (Lipinski definition) is 4. The van der Waals surface area contributed by atoms with Crippen molar-refractivity contribution in [2.45, 2.75) is 71.1 Å². The van der Waals surface area contributed by atoms with Crippen LogP contribution in [0, 0.1) is 11.8 Å². The van der Waals surface area contributed by atoms with Crippen LogP contribution in [0.25, 0.3) is 0 Å². The lowest BCUT2D eigenvalue weighted by molar-refractivity contribution is 0.0466. The molecule has 5 nitrogen and oxygen atoms in total. The van der Waals surface area contributed by atoms with E-state index in [1.807, 2.05) is 27.7 Å². The minimum atomic E-state index is -0.469. The maximum atomic E-state index is 12.0. The molecule has 0 aromatic carbocycles. The van der Waals surface area contributed by atoms with Gasteiger partial charge in [-0.25, -0.2) is 4.79 Å². The summed E-state index contributed by atoms with van der Waals surface area (Å²) < 4.78 is 5.36. The Kier molecular flexibility index (Phi) is 5.72. The Balaban J connectivity index is 1.89. The second-order valence-corrected chi connectivity index (χ2v) is 8.08. The van der Waals surface area contributed by atoms with E-state index in [9.17, 15) is 4.79 Å². The van der Waals surface area contributed by atoms with E-state index in [4.69, 9.17) is 10.5 Å². The summed E-state index contributed by atoms with van der Waals surface area (Å²) in [5, 5.41) is 2.97. The molecule has 0 aromatic rings. The van der Waals surface area contributed by atoms with Gasteiger partial charge in [0.2, 0.25) is 0 Å². The molecule has 0 aliphatic heterocycles. The van der Waals surface area contributed by atoms with Crippen LogP contribution in [-0.4, -0.2) is 48.3 Å². The lowest BCUT2D eigenvalue weighted by Crippen LogP contribution is -2.55. The van der Waals surface area contributed by atoms with Gasteiger partial charge < -0.3 is 15.8 Å². The van der Waals surface area contributed by atoms with Gasteiger partial charge >= 0.3 is 6.09 Å². The molecule has 2 saturated carbocycles. The van der Waals surface area contributed by atoms with Crippen molar-refractivity contribution in [3.8, 4) is 0 Å². The highest BCUT2D eigenvalue weighted by atomic mass is 16.6. The van der Waals surface area contributed by atoms with Crippen molar-refractivity contribution in [2.24, 2.45) is 17.6 Å². The van der Waals surface area contributed by atoms with E-state index in [-0.39, 0.29) is 18.2 Å². The van der Waals surface area contributed by atoms with Crippen LogP contribution in [0.1, 0.15) is 53.4 Å². The maximum Gasteiger partial charge on any atom is 0.407 e. The third-order valence-electron chi connectivity index (χ3n) is 4.41. The Bertz CT molecular complexity index is 359. The molecule has 2 aliphatic carbocycles. The maximum absolute atomic E-state index is 12.0. The monoisotopic (exact) mass is 311 g/mol. The fraction of sp³-hybridized carbons (Fsp3) is 0.941. The average Bonchev–Trinajstić information content (AvgIpc) is 3.22. The van der Waals surface area contributed by atoms with Gasteiger partial charge in [-0.2, -0.15) is 0 Å². The predicted octanol–water partition coefficient (Wildman–Crippen LogP) is 2.35. The Morgan fingerprint density at radius 1 is 1.23 bits per heavy atom. The van der Waals surface area contributed by atoms with Gasteiger partial charge in [0.05, 0.1) is 0 Å². The number of carbonyl (C=O) groups excluding carboxylic acids is 1. The third-order valence-corrected chi connectivity index (χ3v) is 4.41. The van der Waals surface area contributed by atoms with Crippen LogP contribution >= 0.6 is 0 Å². The smallest absolute Gasteiger partial charge is 0.407 e. The summed E-state index contributed by atoms with van der Waals surface area (Å²) in [6.45, 7) is 10.5. The lowest BCUT2D eigenvalue weighted by Gasteiger charge is -2.35. The highest BCUT2D eigenvalue weighted by molar-refractivity contribution is 5.68. The molecule has 2 fully saturated rings. The Hall–Kier alpha value is -0.810. The molecule has 0 spiro atoms. The van der Waals surface area contributed by atoms with Gasteiger partial charge in [-0.15, -0.1) is 0 Å². The standard InChI is InChI=1S/C17H33N3O2/c1-12(19-16(21)22-17(2,3)4)15(9-18)20(10-13-5-6-13)11-14-7-8-14/h12-15H,5-11,18H2,1-4H3,(H,19,21). The van der Waals surface area contributed by atoms with Gasteiger partial charge in [-0.1, -0.05) is 0 Å². The molecule has 0 radical (unpaired) electrons. The minimum absolute atomic E-state index is 0.00245. The van der Waals surface area contributed by atoms with Gasteiger partial charge in [0.25, 0.3) is 0 Å². The topological polar surface area (TPSA) is 67.6 Å². The van der Waals surface area contributed by atoms with Gasteiger partial charge in [0, 0.05) is 31.7 Å². The second-order valence-electron chi connectivity index (χ2n) is 8.08. The number of carbonyl (C=O) groups is 1. The molecule has 5 heteroatoms. The summed E-state index contributed by atoms with van der Waals surface area (Å²) in [6, 6.07) is 0.186. The normalized spacial score (nSPS) is 21.5. The summed E-state index contributed by atoms with van der Waals surface area (Å²) in [7, 11) is 0. The molecule has 3 N–H and O–H groups in total. The summed E-state index contributed by atoms with van der Waals surface area (Å²) in [6.07, 6.45) is 5.01. The number of ether oxygens (including phenoxy) is 1. The molecule has 1 amide bonds. The van der Waals surface area contributed by atoms with E-state index in [2.05, 4.69) is 10.2 Å². The van der Waals surface area contributed by atoms with Crippen molar-refractivity contribution in [2.75, 3.05) is 19.6 Å². The Labute approximate surface area is 134 Å². The quantitative estimate of drug-likeness (QED) is 0.722. The molecule has 2 aliphatic rings. The van der Waals surface area contributed by atoms with Crippen molar-refractivity contribution in [1.82, 2.24) is 10.2 Å². The van der Waals surface area contributed by atoms with E-state index < -0.39 is 5.60 Å². The number of rotatable bonds is 8. The summed E-state index contributed by atoms with van der Waals surface area (Å²) >= 11 is 0. The molecular weight excluding hydrogens is 278 g/mol. The lowest BCUT2D eigenvalue weighted by atomic mass is 10.1. The molecule has 2 unspecified atom stereocenters. The molecular formula is C17H33N3O2. The minimum Gasteiger partial charge on any atom is -0.444 e. The first kappa shape index (κ1) is 17.5. The number of hydrogen-bond donors (Lipinski definition) is 2. The summed E-state index contributed by atoms with van der Waals surface area (Å²) in [5.74, 6) is 1.67. The second kappa shape index (κ2) is 7.18. The summed E-state index contributed by atoms with van der Waals surface area (Å²) in [4.78, 5) is 14.5. The number of nitrogens with zero attached hydrogens (tertiary/aromatic N) is 1. The van der Waals surface area contributed by atoms with Gasteiger partial charge in [-0.05, 0) is 65.2 Å². The van der Waals surface area contributed by atoms with E-state index in [1.54, 1.807) is 0 Å². The van der Waals surface area contributed by atoms with E-state index in [0.717, 1.165) is 24.9 Å². The van der Waals surface area contributed by atoms with Crippen LogP contribution in [0.4, 0.5) is 4.79 Å². The Morgan fingerprint density at radius 2 is 1.73 bits per heavy atom. The van der Waals surface area contributed by atoms with Gasteiger partial charge in [0.1, 0.15) is 5.60 Å². The van der Waals surface area contributed by atoms with Crippen molar-refractivity contribution >= 4 is 6.09 Å². The zero-order valence-corrected chi connectivity index (χ0v) is 14.6. The molecule has 128 valence electrons. The van der Waals surface area contributed by atoms with Crippen LogP contribution in [0.3, 0.4) is 0 Å². The number of amides is 1. The van der Waals surface area contributed by atoms with E-state index in [1.165, 1.54) is 25.7 Å². The number of nitrogens with two attached hydrogens (primary N) is 1. The SMILES string of the molecule is CC(NC(=O)OC(C)(C)C)C(CN)N(CC1CC1)CC1CC1. The fourth-order valence-corrected chi connectivity index (χ4v) is 2.87. The fourth-order valence-electron chi connectivity index (χ4n) is 2.87. The largest absolute Gasteiger partial charge is 0.444 e. The molecule has 0 aromatic heterocycles. The molecule has 0 saturated heterocycles. The van der Waals surface area contributed by atoms with E-state index in [0.29, 0.717) is 6.54 Å². The van der Waals surface area contributed by atoms with Crippen LogP contribution < -0.4 is 11.1 Å². The number of nitrogens with one attached hydrogen (secondary N) is 1. The first-order valence-corrected chi connectivity index (χ1v) is 8.72. The zero-order chi connectivity index (χ0) is 16.3. The van der Waals surface area contributed by atoms with Crippen LogP contribution in [0.15, 0.2) is 0 Å². The van der Waals surface area contributed by atoms with Crippen LogP contribution in [0.5, 0.6) is 0 Å². The molecule has 0 heterocycles. The average molecular weight is 311 g/mol. The highest BCUT2D eigenvalue weighted by Crippen LogP contribution is 2.34. The molecule has 0 bridgehead atoms. The van der Waals surface area contributed by atoms with Crippen molar-refractivity contribution < 1.29 is 9.53 Å². The third kappa shape index (κ3) is 6.13. The molecule has 2 rings (SSSR count). The van der Waals surface area contributed by atoms with Gasteiger partial charge in [-0.3, -0.25) is 4.90 Å². The van der Waals surface area contributed by atoms with Crippen molar-refractivity contribution in [1.29, 1.82) is 0 Å². The Morgan fingerprint density at radius 3 is 2.09 bits per heavy atom. The predicted molar refractivity (Wildman–Crippen MR) is 88.7 cm³/mol. The van der Waals surface area contributed by atoms with E-state index >= 15 is 0 Å². The van der Waals surface area contributed by atoms with Gasteiger partial charge in [0.15, 0.2) is 0 Å². The van der Waals surface area contributed by atoms with Crippen molar-refractivity contribution in [3.63, 3.8) is 0 Å².